The first kappa shape index (κ1) is 36.1. The van der Waals surface area contributed by atoms with Crippen LogP contribution in [0.25, 0.3) is 0 Å². The zero-order chi connectivity index (χ0) is 34.2. The van der Waals surface area contributed by atoms with Crippen molar-refractivity contribution in [1.29, 1.82) is 0 Å². The van der Waals surface area contributed by atoms with Crippen molar-refractivity contribution in [2.75, 3.05) is 30.3 Å². The number of carbonyl (C=O) groups is 3. The first-order valence-corrected chi connectivity index (χ1v) is 17.3. The molecule has 3 aromatic rings. The Labute approximate surface area is 295 Å². The van der Waals surface area contributed by atoms with E-state index in [-0.39, 0.29) is 19.2 Å². The van der Waals surface area contributed by atoms with Gasteiger partial charge in [0.2, 0.25) is 17.8 Å². The molecule has 0 saturated carbocycles. The van der Waals surface area contributed by atoms with Gasteiger partial charge in [-0.05, 0) is 114 Å². The second-order valence-corrected chi connectivity index (χ2v) is 15.0. The lowest BCUT2D eigenvalue weighted by Crippen LogP contribution is -2.50. The number of hydrogen-bond acceptors (Lipinski definition) is 7. The van der Waals surface area contributed by atoms with Crippen LogP contribution < -0.4 is 10.6 Å². The highest BCUT2D eigenvalue weighted by atomic mass is 35.5. The second kappa shape index (κ2) is 14.4. The monoisotopic (exact) mass is 688 g/mol. The van der Waals surface area contributed by atoms with Crippen LogP contribution >= 0.6 is 11.6 Å². The number of anilines is 3. The summed E-state index contributed by atoms with van der Waals surface area (Å²) in [5, 5.41) is 6.81. The van der Waals surface area contributed by atoms with E-state index in [0.717, 1.165) is 47.5 Å². The van der Waals surface area contributed by atoms with Crippen molar-refractivity contribution in [1.82, 2.24) is 19.8 Å². The number of fused-ring (bicyclic) bond motifs is 1. The van der Waals surface area contributed by atoms with Crippen molar-refractivity contribution >= 4 is 46.8 Å². The van der Waals surface area contributed by atoms with Gasteiger partial charge in [0.05, 0.1) is 22.3 Å². The molecule has 0 aliphatic carbocycles. The number of amides is 3. The minimum atomic E-state index is -0.593. The maximum absolute atomic E-state index is 13.4. The summed E-state index contributed by atoms with van der Waals surface area (Å²) >= 11 is 6.51. The Bertz CT molecular complexity index is 1700. The van der Waals surface area contributed by atoms with Gasteiger partial charge in [0.1, 0.15) is 11.6 Å². The predicted molar refractivity (Wildman–Crippen MR) is 194 cm³/mol. The number of rotatable bonds is 7. The van der Waals surface area contributed by atoms with Crippen molar-refractivity contribution in [3.05, 3.63) is 76.1 Å². The lowest BCUT2D eigenvalue weighted by atomic mass is 9.82. The molecule has 3 aliphatic rings. The number of piperidine rings is 1. The third-order valence-electron chi connectivity index (χ3n) is 9.65. The summed E-state index contributed by atoms with van der Waals surface area (Å²) in [6, 6.07) is 13.8. The molecule has 3 aliphatic heterocycles. The summed E-state index contributed by atoms with van der Waals surface area (Å²) in [4.78, 5) is 51.3. The number of aryl methyl sites for hydroxylation is 2. The summed E-state index contributed by atoms with van der Waals surface area (Å²) in [6.07, 6.45) is 5.75. The number of ether oxygens (including phenoxy) is 1. The molecule has 0 spiro atoms. The van der Waals surface area contributed by atoms with E-state index in [1.807, 2.05) is 63.8 Å². The number of nitrogens with zero attached hydrogens (tertiary/aromatic N) is 4. The van der Waals surface area contributed by atoms with Gasteiger partial charge in [-0.1, -0.05) is 43.3 Å². The molecule has 2 aromatic carbocycles. The van der Waals surface area contributed by atoms with E-state index in [4.69, 9.17) is 21.3 Å². The average Bonchev–Trinajstić information content (AvgIpc) is 3.63. The highest BCUT2D eigenvalue weighted by molar-refractivity contribution is 6.31. The lowest BCUT2D eigenvalue weighted by molar-refractivity contribution is -0.137. The zero-order valence-corrected chi connectivity index (χ0v) is 29.2. The van der Waals surface area contributed by atoms with Crippen molar-refractivity contribution in [2.24, 2.45) is 0 Å². The van der Waals surface area contributed by atoms with Gasteiger partial charge in [-0.25, -0.2) is 14.8 Å². The Morgan fingerprint density at radius 1 is 1.04 bits per heavy atom. The molecule has 2 fully saturated rings. The standard InChI is InChI=1S/C37H45ClN6O4.CH4/c1-36(2,3)48-35(47)44-19-7-10-30(44)32(45)43-20-17-24(18-21-43)23-11-14-26(15-12-23)40-34-39-22-27(38)28(42-34)16-13-25-8-6-9-29-31(25)37(4,5)33(46)41-29;/h6,8-9,11-12,14-15,22,24,30H,7,10,13,16-21H2,1-5H3,(H,41,46)(H,39,40,42);1H4/t30-;/m0./s1. The van der Waals surface area contributed by atoms with Crippen LogP contribution in [-0.2, 0) is 32.6 Å². The topological polar surface area (TPSA) is 117 Å². The Balaban J connectivity index is 0.00000468. The van der Waals surface area contributed by atoms with Crippen LogP contribution in [0.3, 0.4) is 0 Å². The van der Waals surface area contributed by atoms with Gasteiger partial charge in [0, 0.05) is 31.0 Å². The zero-order valence-electron chi connectivity index (χ0n) is 28.4. The number of carbonyl (C=O) groups excluding carboxylic acids is 3. The molecule has 0 radical (unpaired) electrons. The SMILES string of the molecule is C.CC(C)(C)OC(=O)N1CCC[C@H]1C(=O)N1CCC(c2ccc(Nc3ncc(Cl)c(CCc4cccc5c4C(C)(C)C(=O)N5)n3)cc2)CC1. The fourth-order valence-corrected chi connectivity index (χ4v) is 7.29. The summed E-state index contributed by atoms with van der Waals surface area (Å²) in [6.45, 7) is 11.3. The molecule has 2 saturated heterocycles. The van der Waals surface area contributed by atoms with Crippen LogP contribution in [0.2, 0.25) is 5.02 Å². The first-order valence-electron chi connectivity index (χ1n) is 16.9. The van der Waals surface area contributed by atoms with Crippen molar-refractivity contribution < 1.29 is 19.1 Å². The molecule has 6 rings (SSSR count). The smallest absolute Gasteiger partial charge is 0.410 e. The number of halogens is 1. The molecule has 262 valence electrons. The van der Waals surface area contributed by atoms with Crippen LogP contribution in [0.5, 0.6) is 0 Å². The summed E-state index contributed by atoms with van der Waals surface area (Å²) in [7, 11) is 0. The maximum Gasteiger partial charge on any atom is 0.410 e. The van der Waals surface area contributed by atoms with Gasteiger partial charge in [-0.2, -0.15) is 0 Å². The van der Waals surface area contributed by atoms with Crippen LogP contribution in [0, 0.1) is 0 Å². The Hall–Kier alpha value is -4.18. The number of likely N-dealkylation sites (tertiary alicyclic amines) is 2. The predicted octanol–water partition coefficient (Wildman–Crippen LogP) is 7.63. The molecular weight excluding hydrogens is 640 g/mol. The van der Waals surface area contributed by atoms with E-state index in [9.17, 15) is 14.4 Å². The highest BCUT2D eigenvalue weighted by Gasteiger charge is 2.41. The van der Waals surface area contributed by atoms with Crippen molar-refractivity contribution in [2.45, 2.75) is 104 Å². The molecule has 11 heteroatoms. The molecular formula is C38H49ClN6O4. The number of benzene rings is 2. The van der Waals surface area contributed by atoms with Gasteiger partial charge < -0.3 is 20.3 Å². The van der Waals surface area contributed by atoms with Crippen LogP contribution in [-0.4, -0.2) is 69.0 Å². The lowest BCUT2D eigenvalue weighted by Gasteiger charge is -2.36. The van der Waals surface area contributed by atoms with E-state index in [1.54, 1.807) is 11.1 Å². The van der Waals surface area contributed by atoms with Crippen LogP contribution in [0.15, 0.2) is 48.7 Å². The van der Waals surface area contributed by atoms with E-state index < -0.39 is 23.2 Å². The van der Waals surface area contributed by atoms with Crippen molar-refractivity contribution in [3.63, 3.8) is 0 Å². The Morgan fingerprint density at radius 3 is 2.45 bits per heavy atom. The molecule has 10 nitrogen and oxygen atoms in total. The van der Waals surface area contributed by atoms with Crippen molar-refractivity contribution in [3.8, 4) is 0 Å². The molecule has 3 amide bonds. The third-order valence-corrected chi connectivity index (χ3v) is 9.97. The molecule has 49 heavy (non-hydrogen) atoms. The summed E-state index contributed by atoms with van der Waals surface area (Å²) in [5.41, 5.74) is 4.67. The summed E-state index contributed by atoms with van der Waals surface area (Å²) < 4.78 is 5.56. The highest BCUT2D eigenvalue weighted by Crippen LogP contribution is 2.40. The van der Waals surface area contributed by atoms with E-state index in [0.29, 0.717) is 55.8 Å². The fraction of sp³-hybridized carbons (Fsp3) is 0.500. The minimum absolute atomic E-state index is 0. The first-order chi connectivity index (χ1) is 22.8. The normalized spacial score (nSPS) is 18.8. The largest absolute Gasteiger partial charge is 0.444 e. The van der Waals surface area contributed by atoms with Gasteiger partial charge in [0.25, 0.3) is 0 Å². The van der Waals surface area contributed by atoms with Gasteiger partial charge >= 0.3 is 6.09 Å². The number of aromatic nitrogens is 2. The summed E-state index contributed by atoms with van der Waals surface area (Å²) in [5.74, 6) is 0.858. The molecule has 0 bridgehead atoms. The fourth-order valence-electron chi connectivity index (χ4n) is 7.11. The Morgan fingerprint density at radius 2 is 1.76 bits per heavy atom. The van der Waals surface area contributed by atoms with Crippen LogP contribution in [0.1, 0.15) is 96.0 Å². The van der Waals surface area contributed by atoms with E-state index >= 15 is 0 Å². The molecule has 4 heterocycles. The average molecular weight is 689 g/mol. The maximum atomic E-state index is 13.4. The molecule has 2 N–H and O–H groups in total. The van der Waals surface area contributed by atoms with Gasteiger partial charge in [-0.15, -0.1) is 0 Å². The third kappa shape index (κ3) is 7.85. The number of hydrogen-bond donors (Lipinski definition) is 2. The van der Waals surface area contributed by atoms with Gasteiger partial charge in [-0.3, -0.25) is 14.5 Å². The van der Waals surface area contributed by atoms with E-state index in [2.05, 4.69) is 33.8 Å². The van der Waals surface area contributed by atoms with Crippen LogP contribution in [0.4, 0.5) is 22.1 Å². The molecule has 1 aromatic heterocycles. The van der Waals surface area contributed by atoms with Gasteiger partial charge in [0.15, 0.2) is 0 Å². The molecule has 1 atom stereocenters. The van der Waals surface area contributed by atoms with E-state index in [1.165, 1.54) is 5.56 Å². The number of nitrogens with one attached hydrogen (secondary N) is 2. The quantitative estimate of drug-likeness (QED) is 0.262. The minimum Gasteiger partial charge on any atom is -0.444 e. The second-order valence-electron chi connectivity index (χ2n) is 14.6. The Kier molecular flexibility index (Phi) is 10.6. The molecule has 0 unspecified atom stereocenters.